The normalized spacial score (nSPS) is 10.9. The summed E-state index contributed by atoms with van der Waals surface area (Å²) in [6.07, 6.45) is 3.37. The van der Waals surface area contributed by atoms with Crippen molar-refractivity contribution in [1.82, 2.24) is 0 Å². The van der Waals surface area contributed by atoms with Crippen LogP contribution in [0.25, 0.3) is 6.08 Å². The summed E-state index contributed by atoms with van der Waals surface area (Å²) in [4.78, 5) is 0. The lowest BCUT2D eigenvalue weighted by Crippen LogP contribution is -1.82. The second-order valence-electron chi connectivity index (χ2n) is 2.26. The summed E-state index contributed by atoms with van der Waals surface area (Å²) in [6.45, 7) is 0.00789. The highest BCUT2D eigenvalue weighted by Crippen LogP contribution is 2.13. The molecule has 0 atom stereocenters. The molecule has 1 aromatic rings. The quantitative estimate of drug-likeness (QED) is 0.824. The van der Waals surface area contributed by atoms with Crippen LogP contribution in [0.5, 0.6) is 0 Å². The first-order chi connectivity index (χ1) is 5.74. The lowest BCUT2D eigenvalue weighted by molar-refractivity contribution is 0.343. The molecule has 0 bridgehead atoms. The Morgan fingerprint density at radius 2 is 2.25 bits per heavy atom. The highest BCUT2D eigenvalue weighted by atomic mass is 127. The molecule has 1 N–H and O–H groups in total. The van der Waals surface area contributed by atoms with Crippen LogP contribution in [0.1, 0.15) is 5.56 Å². The second-order valence-corrected chi connectivity index (χ2v) is 3.42. The van der Waals surface area contributed by atoms with E-state index in [0.717, 1.165) is 5.56 Å². The van der Waals surface area contributed by atoms with Crippen molar-refractivity contribution in [2.24, 2.45) is 0 Å². The Hall–Kier alpha value is -0.420. The summed E-state index contributed by atoms with van der Waals surface area (Å²) in [7, 11) is 0. The average molecular weight is 278 g/mol. The van der Waals surface area contributed by atoms with Crippen LogP contribution >= 0.6 is 22.6 Å². The first-order valence-corrected chi connectivity index (χ1v) is 4.54. The zero-order chi connectivity index (χ0) is 8.97. The first kappa shape index (κ1) is 9.67. The van der Waals surface area contributed by atoms with Crippen LogP contribution in [0, 0.1) is 9.39 Å². The molecule has 1 aromatic carbocycles. The van der Waals surface area contributed by atoms with E-state index in [0.29, 0.717) is 3.57 Å². The fraction of sp³-hybridized carbons (Fsp3) is 0.111. The predicted octanol–water partition coefficient (Wildman–Crippen LogP) is 2.44. The molecule has 1 nitrogen and oxygen atoms in total. The van der Waals surface area contributed by atoms with Gasteiger partial charge in [-0.15, -0.1) is 0 Å². The minimum Gasteiger partial charge on any atom is -0.392 e. The highest BCUT2D eigenvalue weighted by molar-refractivity contribution is 14.1. The molecule has 0 fully saturated rings. The highest BCUT2D eigenvalue weighted by Gasteiger charge is 1.96. The van der Waals surface area contributed by atoms with Gasteiger partial charge in [-0.25, -0.2) is 4.39 Å². The molecule has 0 saturated heterocycles. The van der Waals surface area contributed by atoms with Crippen LogP contribution in [0.4, 0.5) is 4.39 Å². The van der Waals surface area contributed by atoms with Crippen LogP contribution in [-0.4, -0.2) is 11.7 Å². The molecular weight excluding hydrogens is 270 g/mol. The van der Waals surface area contributed by atoms with Crippen molar-refractivity contribution in [3.8, 4) is 0 Å². The van der Waals surface area contributed by atoms with E-state index >= 15 is 0 Å². The van der Waals surface area contributed by atoms with Gasteiger partial charge < -0.3 is 5.11 Å². The smallest absolute Gasteiger partial charge is 0.136 e. The molecule has 0 aromatic heterocycles. The molecule has 0 heterocycles. The van der Waals surface area contributed by atoms with Crippen molar-refractivity contribution in [1.29, 1.82) is 0 Å². The van der Waals surface area contributed by atoms with Crippen LogP contribution in [0.15, 0.2) is 24.3 Å². The van der Waals surface area contributed by atoms with E-state index < -0.39 is 0 Å². The molecule has 3 heteroatoms. The maximum atomic E-state index is 12.7. The Morgan fingerprint density at radius 3 is 2.83 bits per heavy atom. The number of rotatable bonds is 2. The van der Waals surface area contributed by atoms with E-state index in [2.05, 4.69) is 0 Å². The molecule has 0 aliphatic heterocycles. The van der Waals surface area contributed by atoms with Gasteiger partial charge in [0, 0.05) is 3.57 Å². The Balaban J connectivity index is 2.89. The molecule has 1 rings (SSSR count). The zero-order valence-corrected chi connectivity index (χ0v) is 8.45. The molecule has 0 aliphatic carbocycles. The standard InChI is InChI=1S/C9H8FIO/c10-8-4-3-7(2-1-5-12)6-9(8)11/h1-4,6,12H,5H2/b2-1+. The van der Waals surface area contributed by atoms with Gasteiger partial charge in [-0.3, -0.25) is 0 Å². The monoisotopic (exact) mass is 278 g/mol. The van der Waals surface area contributed by atoms with Crippen molar-refractivity contribution in [3.63, 3.8) is 0 Å². The Morgan fingerprint density at radius 1 is 1.50 bits per heavy atom. The number of benzene rings is 1. The SMILES string of the molecule is OC/C=C/c1ccc(F)c(I)c1. The maximum Gasteiger partial charge on any atom is 0.136 e. The molecule has 64 valence electrons. The zero-order valence-electron chi connectivity index (χ0n) is 6.30. The summed E-state index contributed by atoms with van der Waals surface area (Å²) in [5, 5.41) is 8.49. The summed E-state index contributed by atoms with van der Waals surface area (Å²) in [6, 6.07) is 4.81. The van der Waals surface area contributed by atoms with Gasteiger partial charge in [0.1, 0.15) is 5.82 Å². The molecule has 0 radical (unpaired) electrons. The first-order valence-electron chi connectivity index (χ1n) is 3.46. The Labute approximate surface area is 84.1 Å². The predicted molar refractivity (Wildman–Crippen MR) is 55.2 cm³/mol. The second kappa shape index (κ2) is 4.57. The van der Waals surface area contributed by atoms with Crippen LogP contribution in [0.2, 0.25) is 0 Å². The van der Waals surface area contributed by atoms with Crippen LogP contribution in [0.3, 0.4) is 0 Å². The summed E-state index contributed by atoms with van der Waals surface area (Å²) in [5.74, 6) is -0.211. The average Bonchev–Trinajstić information content (AvgIpc) is 2.07. The fourth-order valence-corrected chi connectivity index (χ4v) is 1.34. The number of hydrogen-bond donors (Lipinski definition) is 1. The Bertz CT molecular complexity index is 297. The minimum absolute atomic E-state index is 0.00789. The van der Waals surface area contributed by atoms with E-state index in [1.807, 2.05) is 22.6 Å². The van der Waals surface area contributed by atoms with Gasteiger partial charge in [-0.2, -0.15) is 0 Å². The van der Waals surface area contributed by atoms with E-state index in [-0.39, 0.29) is 12.4 Å². The van der Waals surface area contributed by atoms with Gasteiger partial charge in [-0.05, 0) is 40.3 Å². The van der Waals surface area contributed by atoms with Crippen molar-refractivity contribution < 1.29 is 9.50 Å². The topological polar surface area (TPSA) is 20.2 Å². The fourth-order valence-electron chi connectivity index (χ4n) is 0.805. The van der Waals surface area contributed by atoms with Gasteiger partial charge in [0.15, 0.2) is 0 Å². The van der Waals surface area contributed by atoms with Crippen LogP contribution in [-0.2, 0) is 0 Å². The Kier molecular flexibility index (Phi) is 3.68. The van der Waals surface area contributed by atoms with Gasteiger partial charge in [0.05, 0.1) is 6.61 Å². The van der Waals surface area contributed by atoms with Crippen molar-refractivity contribution in [3.05, 3.63) is 39.2 Å². The molecule has 0 spiro atoms. The lowest BCUT2D eigenvalue weighted by Gasteiger charge is -1.95. The lowest BCUT2D eigenvalue weighted by atomic mass is 10.2. The van der Waals surface area contributed by atoms with E-state index in [4.69, 9.17) is 5.11 Å². The molecule has 0 aliphatic rings. The number of hydrogen-bond acceptors (Lipinski definition) is 1. The summed E-state index contributed by atoms with van der Waals surface area (Å²) in [5.41, 5.74) is 0.898. The third-order valence-electron chi connectivity index (χ3n) is 1.36. The molecule has 0 amide bonds. The maximum absolute atomic E-state index is 12.7. The third kappa shape index (κ3) is 2.57. The molecule has 12 heavy (non-hydrogen) atoms. The number of halogens is 2. The van der Waals surface area contributed by atoms with E-state index in [1.54, 1.807) is 24.3 Å². The van der Waals surface area contributed by atoms with Crippen molar-refractivity contribution in [2.75, 3.05) is 6.61 Å². The molecular formula is C9H8FIO. The van der Waals surface area contributed by atoms with Gasteiger partial charge >= 0.3 is 0 Å². The summed E-state index contributed by atoms with van der Waals surface area (Å²) < 4.78 is 13.3. The van der Waals surface area contributed by atoms with Gasteiger partial charge in [0.2, 0.25) is 0 Å². The summed E-state index contributed by atoms with van der Waals surface area (Å²) >= 11 is 1.93. The third-order valence-corrected chi connectivity index (χ3v) is 2.19. The van der Waals surface area contributed by atoms with Crippen LogP contribution < -0.4 is 0 Å². The number of aliphatic hydroxyl groups excluding tert-OH is 1. The van der Waals surface area contributed by atoms with E-state index in [1.165, 1.54) is 6.07 Å². The van der Waals surface area contributed by atoms with Gasteiger partial charge in [-0.1, -0.05) is 18.2 Å². The van der Waals surface area contributed by atoms with Crippen molar-refractivity contribution in [2.45, 2.75) is 0 Å². The number of aliphatic hydroxyl groups is 1. The minimum atomic E-state index is -0.211. The van der Waals surface area contributed by atoms with Gasteiger partial charge in [0.25, 0.3) is 0 Å². The molecule has 0 unspecified atom stereocenters. The largest absolute Gasteiger partial charge is 0.392 e. The van der Waals surface area contributed by atoms with E-state index in [9.17, 15) is 4.39 Å². The molecule has 0 saturated carbocycles. The van der Waals surface area contributed by atoms with Crippen molar-refractivity contribution >= 4 is 28.7 Å².